The molecule has 4 nitrogen and oxygen atoms in total. The molecule has 1 saturated heterocycles. The van der Waals surface area contributed by atoms with E-state index in [1.807, 2.05) is 38.1 Å². The van der Waals surface area contributed by atoms with Crippen molar-refractivity contribution in [2.75, 3.05) is 0 Å². The van der Waals surface area contributed by atoms with Crippen LogP contribution in [-0.2, 0) is 14.3 Å². The first-order valence-corrected chi connectivity index (χ1v) is 7.23. The zero-order chi connectivity index (χ0) is 14.8. The van der Waals surface area contributed by atoms with E-state index in [0.717, 1.165) is 16.9 Å². The molecular formula is C17H16O4. The van der Waals surface area contributed by atoms with Crippen LogP contribution in [0.4, 0.5) is 0 Å². The maximum absolute atomic E-state index is 12.2. The Balaban J connectivity index is 1.93. The van der Waals surface area contributed by atoms with E-state index >= 15 is 0 Å². The molecule has 1 aliphatic carbocycles. The number of para-hydroxylation sites is 1. The average molecular weight is 284 g/mol. The van der Waals surface area contributed by atoms with Crippen molar-refractivity contribution >= 4 is 11.9 Å². The number of allylic oxidation sites excluding steroid dienone is 1. The minimum atomic E-state index is -0.476. The van der Waals surface area contributed by atoms with E-state index in [2.05, 4.69) is 6.08 Å². The molecule has 0 saturated carbocycles. The fourth-order valence-corrected chi connectivity index (χ4v) is 3.88. The number of esters is 2. The van der Waals surface area contributed by atoms with E-state index in [4.69, 9.17) is 9.47 Å². The van der Waals surface area contributed by atoms with Crippen molar-refractivity contribution in [1.29, 1.82) is 0 Å². The Morgan fingerprint density at radius 2 is 1.90 bits per heavy atom. The number of hydrogen-bond acceptors (Lipinski definition) is 4. The molecule has 1 aromatic rings. The summed E-state index contributed by atoms with van der Waals surface area (Å²) in [6.07, 6.45) is 2.61. The van der Waals surface area contributed by atoms with Gasteiger partial charge in [-0.2, -0.15) is 0 Å². The van der Waals surface area contributed by atoms with Gasteiger partial charge < -0.3 is 9.47 Å². The van der Waals surface area contributed by atoms with Crippen LogP contribution < -0.4 is 4.74 Å². The van der Waals surface area contributed by atoms with Gasteiger partial charge in [0.15, 0.2) is 0 Å². The van der Waals surface area contributed by atoms with Crippen LogP contribution in [0.25, 0.3) is 0 Å². The maximum atomic E-state index is 12.2. The zero-order valence-electron chi connectivity index (χ0n) is 12.0. The zero-order valence-corrected chi connectivity index (χ0v) is 12.0. The lowest BCUT2D eigenvalue weighted by Crippen LogP contribution is -2.43. The quantitative estimate of drug-likeness (QED) is 0.417. The van der Waals surface area contributed by atoms with E-state index in [1.165, 1.54) is 0 Å². The number of benzene rings is 1. The SMILES string of the molecule is CC1(C)Oc2ccccc2[C@H]2C1=CC[C@H]1C(=O)OC(=O)[C@@H]21. The Morgan fingerprint density at radius 1 is 1.14 bits per heavy atom. The summed E-state index contributed by atoms with van der Waals surface area (Å²) in [7, 11) is 0. The van der Waals surface area contributed by atoms with Crippen LogP contribution in [0.1, 0.15) is 31.7 Å². The van der Waals surface area contributed by atoms with Gasteiger partial charge in [-0.25, -0.2) is 0 Å². The normalized spacial score (nSPS) is 32.3. The number of ether oxygens (including phenoxy) is 2. The molecule has 21 heavy (non-hydrogen) atoms. The number of rotatable bonds is 0. The third-order valence-corrected chi connectivity index (χ3v) is 4.81. The summed E-state index contributed by atoms with van der Waals surface area (Å²) in [6.45, 7) is 4.01. The van der Waals surface area contributed by atoms with Crippen molar-refractivity contribution in [2.24, 2.45) is 11.8 Å². The van der Waals surface area contributed by atoms with Crippen LogP contribution in [0.2, 0.25) is 0 Å². The highest BCUT2D eigenvalue weighted by atomic mass is 16.6. The van der Waals surface area contributed by atoms with Gasteiger partial charge in [-0.15, -0.1) is 0 Å². The van der Waals surface area contributed by atoms with Gasteiger partial charge in [0.2, 0.25) is 0 Å². The van der Waals surface area contributed by atoms with Crippen molar-refractivity contribution in [3.8, 4) is 5.75 Å². The summed E-state index contributed by atoms with van der Waals surface area (Å²) in [6, 6.07) is 7.74. The lowest BCUT2D eigenvalue weighted by atomic mass is 9.65. The molecule has 0 radical (unpaired) electrons. The summed E-state index contributed by atoms with van der Waals surface area (Å²) >= 11 is 0. The second-order valence-electron chi connectivity index (χ2n) is 6.40. The van der Waals surface area contributed by atoms with Crippen LogP contribution in [0, 0.1) is 11.8 Å². The van der Waals surface area contributed by atoms with E-state index < -0.39 is 17.5 Å². The molecule has 1 fully saturated rings. The number of cyclic esters (lactones) is 2. The van der Waals surface area contributed by atoms with Gasteiger partial charge in [0.1, 0.15) is 11.4 Å². The van der Waals surface area contributed by atoms with Crippen molar-refractivity contribution in [3.05, 3.63) is 41.5 Å². The first-order chi connectivity index (χ1) is 9.99. The minimum Gasteiger partial charge on any atom is -0.483 e. The second-order valence-corrected chi connectivity index (χ2v) is 6.40. The number of hydrogen-bond donors (Lipinski definition) is 0. The molecule has 0 N–H and O–H groups in total. The predicted molar refractivity (Wildman–Crippen MR) is 74.7 cm³/mol. The molecule has 0 amide bonds. The summed E-state index contributed by atoms with van der Waals surface area (Å²) < 4.78 is 11.0. The largest absolute Gasteiger partial charge is 0.483 e. The molecule has 0 spiro atoms. The van der Waals surface area contributed by atoms with Crippen molar-refractivity contribution in [1.82, 2.24) is 0 Å². The molecule has 3 atom stereocenters. The fraction of sp³-hybridized carbons (Fsp3) is 0.412. The second kappa shape index (κ2) is 3.97. The van der Waals surface area contributed by atoms with E-state index in [0.29, 0.717) is 6.42 Å². The van der Waals surface area contributed by atoms with Gasteiger partial charge in [-0.3, -0.25) is 9.59 Å². The van der Waals surface area contributed by atoms with Crippen LogP contribution >= 0.6 is 0 Å². The first kappa shape index (κ1) is 12.6. The maximum Gasteiger partial charge on any atom is 0.318 e. The van der Waals surface area contributed by atoms with E-state index in [-0.39, 0.29) is 17.8 Å². The highest BCUT2D eigenvalue weighted by Crippen LogP contribution is 2.54. The van der Waals surface area contributed by atoms with Crippen molar-refractivity contribution in [3.63, 3.8) is 0 Å². The Hall–Kier alpha value is -2.10. The molecule has 0 aromatic heterocycles. The summed E-state index contributed by atoms with van der Waals surface area (Å²) in [5.74, 6) is -0.884. The average Bonchev–Trinajstić information content (AvgIpc) is 2.73. The van der Waals surface area contributed by atoms with Crippen molar-refractivity contribution in [2.45, 2.75) is 31.8 Å². The van der Waals surface area contributed by atoms with Crippen LogP contribution in [-0.4, -0.2) is 17.5 Å². The third kappa shape index (κ3) is 1.62. The van der Waals surface area contributed by atoms with Gasteiger partial charge in [-0.1, -0.05) is 24.3 Å². The molecule has 4 heteroatoms. The van der Waals surface area contributed by atoms with Gasteiger partial charge in [0.05, 0.1) is 11.8 Å². The number of carbonyl (C=O) groups is 2. The lowest BCUT2D eigenvalue weighted by Gasteiger charge is -2.44. The molecule has 1 aromatic carbocycles. The van der Waals surface area contributed by atoms with Crippen LogP contribution in [0.5, 0.6) is 5.75 Å². The third-order valence-electron chi connectivity index (χ3n) is 4.81. The van der Waals surface area contributed by atoms with Gasteiger partial charge >= 0.3 is 11.9 Å². The molecule has 3 aliphatic rings. The fourth-order valence-electron chi connectivity index (χ4n) is 3.88. The topological polar surface area (TPSA) is 52.6 Å². The smallest absolute Gasteiger partial charge is 0.318 e. The Bertz CT molecular complexity index is 686. The molecule has 4 rings (SSSR count). The molecule has 2 aliphatic heterocycles. The molecule has 2 heterocycles. The molecule has 0 unspecified atom stereocenters. The van der Waals surface area contributed by atoms with Crippen LogP contribution in [0.15, 0.2) is 35.9 Å². The summed E-state index contributed by atoms with van der Waals surface area (Å²) in [5, 5.41) is 0. The summed E-state index contributed by atoms with van der Waals surface area (Å²) in [5.41, 5.74) is 1.58. The Labute approximate surface area is 122 Å². The number of fused-ring (bicyclic) bond motifs is 5. The van der Waals surface area contributed by atoms with Gasteiger partial charge in [0, 0.05) is 11.5 Å². The molecular weight excluding hydrogens is 268 g/mol. The molecule has 0 bridgehead atoms. The highest BCUT2D eigenvalue weighted by Gasteiger charge is 2.55. The predicted octanol–water partition coefficient (Wildman–Crippen LogP) is 2.59. The van der Waals surface area contributed by atoms with Gasteiger partial charge in [0.25, 0.3) is 0 Å². The van der Waals surface area contributed by atoms with Crippen LogP contribution in [0.3, 0.4) is 0 Å². The van der Waals surface area contributed by atoms with Gasteiger partial charge in [-0.05, 0) is 31.9 Å². The minimum absolute atomic E-state index is 0.123. The van der Waals surface area contributed by atoms with E-state index in [1.54, 1.807) is 0 Å². The number of carbonyl (C=O) groups excluding carboxylic acids is 2. The monoisotopic (exact) mass is 284 g/mol. The first-order valence-electron chi connectivity index (χ1n) is 7.23. The standard InChI is InChI=1S/C17H16O4/c1-17(2)11-8-7-10-14(16(19)20-15(10)18)13(11)9-5-3-4-6-12(9)21-17/h3-6,8,10,13-14H,7H2,1-2H3/t10-,13+,14-/m1/s1. The Morgan fingerprint density at radius 3 is 2.71 bits per heavy atom. The Kier molecular flexibility index (Phi) is 2.39. The lowest BCUT2D eigenvalue weighted by molar-refractivity contribution is -0.153. The van der Waals surface area contributed by atoms with Crippen molar-refractivity contribution < 1.29 is 19.1 Å². The molecule has 108 valence electrons. The summed E-state index contributed by atoms with van der Waals surface area (Å²) in [4.78, 5) is 24.0. The highest BCUT2D eigenvalue weighted by molar-refractivity contribution is 5.98. The van der Waals surface area contributed by atoms with E-state index in [9.17, 15) is 9.59 Å².